The van der Waals surface area contributed by atoms with E-state index in [1.165, 1.54) is 28.3 Å². The lowest BCUT2D eigenvalue weighted by atomic mass is 10.0. The molecule has 3 rings (SSSR count). The number of aromatic nitrogens is 1. The van der Waals surface area contributed by atoms with Crippen molar-refractivity contribution in [3.8, 4) is 0 Å². The van der Waals surface area contributed by atoms with Crippen LogP contribution in [0.3, 0.4) is 0 Å². The monoisotopic (exact) mass is 249 g/mol. The van der Waals surface area contributed by atoms with Crippen LogP contribution in [0.15, 0.2) is 42.5 Å². The molecular formula is C18H19N. The highest BCUT2D eigenvalue weighted by Crippen LogP contribution is 2.22. The van der Waals surface area contributed by atoms with Crippen molar-refractivity contribution in [2.45, 2.75) is 33.1 Å². The van der Waals surface area contributed by atoms with Crippen molar-refractivity contribution in [3.63, 3.8) is 0 Å². The lowest BCUT2D eigenvalue weighted by molar-refractivity contribution is 0.923. The Labute approximate surface area is 114 Å². The molecule has 0 spiro atoms. The number of aryl methyl sites for hydroxylation is 2. The molecule has 1 heterocycles. The predicted octanol–water partition coefficient (Wildman–Crippen LogP) is 4.90. The van der Waals surface area contributed by atoms with E-state index in [2.05, 4.69) is 56.3 Å². The molecule has 3 aromatic rings. The molecule has 1 aromatic heterocycles. The molecule has 1 heteroatoms. The summed E-state index contributed by atoms with van der Waals surface area (Å²) in [7, 11) is 0. The minimum atomic E-state index is 1.07. The van der Waals surface area contributed by atoms with Gasteiger partial charge in [-0.1, -0.05) is 38.5 Å². The van der Waals surface area contributed by atoms with Gasteiger partial charge in [0.15, 0.2) is 0 Å². The first kappa shape index (κ1) is 12.2. The molecule has 1 nitrogen and oxygen atoms in total. The summed E-state index contributed by atoms with van der Waals surface area (Å²) in [6, 6.07) is 15.5. The average Bonchev–Trinajstić information content (AvgIpc) is 2.45. The quantitative estimate of drug-likeness (QED) is 0.601. The van der Waals surface area contributed by atoms with Gasteiger partial charge in [0.2, 0.25) is 0 Å². The fourth-order valence-electron chi connectivity index (χ4n) is 2.59. The summed E-state index contributed by atoms with van der Waals surface area (Å²) in [6.07, 6.45) is 3.38. The maximum Gasteiger partial charge on any atom is 0.0712 e. The summed E-state index contributed by atoms with van der Waals surface area (Å²) in [4.78, 5) is 4.80. The third-order valence-corrected chi connectivity index (χ3v) is 3.69. The molecule has 2 aromatic carbocycles. The number of pyridine rings is 1. The minimum Gasteiger partial charge on any atom is -0.248 e. The van der Waals surface area contributed by atoms with Gasteiger partial charge >= 0.3 is 0 Å². The van der Waals surface area contributed by atoms with Gasteiger partial charge in [0.05, 0.1) is 11.0 Å². The molecule has 19 heavy (non-hydrogen) atoms. The molecule has 0 N–H and O–H groups in total. The summed E-state index contributed by atoms with van der Waals surface area (Å²) in [6.45, 7) is 4.40. The fraction of sp³-hybridized carbons (Fsp3) is 0.278. The van der Waals surface area contributed by atoms with E-state index in [1.807, 2.05) is 0 Å². The van der Waals surface area contributed by atoms with Crippen LogP contribution in [0.25, 0.3) is 21.8 Å². The van der Waals surface area contributed by atoms with Crippen molar-refractivity contribution in [1.29, 1.82) is 0 Å². The second-order valence-corrected chi connectivity index (χ2v) is 5.15. The van der Waals surface area contributed by atoms with Crippen LogP contribution in [0.5, 0.6) is 0 Å². The molecular weight excluding hydrogens is 230 g/mol. The van der Waals surface area contributed by atoms with Gasteiger partial charge < -0.3 is 0 Å². The summed E-state index contributed by atoms with van der Waals surface area (Å²) in [5.74, 6) is 0. The van der Waals surface area contributed by atoms with E-state index in [0.29, 0.717) is 0 Å². The van der Waals surface area contributed by atoms with Crippen molar-refractivity contribution >= 4 is 21.8 Å². The standard InChI is InChI=1S/C18H19N/c1-3-5-14-6-8-15-12-16-10-13(4-2)7-9-17(16)19-18(15)11-14/h6-12H,3-5H2,1-2H3. The van der Waals surface area contributed by atoms with Gasteiger partial charge in [-0.05, 0) is 48.2 Å². The second-order valence-electron chi connectivity index (χ2n) is 5.15. The van der Waals surface area contributed by atoms with Crippen molar-refractivity contribution in [2.75, 3.05) is 0 Å². The van der Waals surface area contributed by atoms with Gasteiger partial charge in [0.1, 0.15) is 0 Å². The van der Waals surface area contributed by atoms with Crippen molar-refractivity contribution in [3.05, 3.63) is 53.6 Å². The Morgan fingerprint density at radius 1 is 0.789 bits per heavy atom. The molecule has 0 saturated heterocycles. The van der Waals surface area contributed by atoms with E-state index in [-0.39, 0.29) is 0 Å². The number of hydrogen-bond acceptors (Lipinski definition) is 1. The van der Waals surface area contributed by atoms with Crippen molar-refractivity contribution in [2.24, 2.45) is 0 Å². The topological polar surface area (TPSA) is 12.9 Å². The van der Waals surface area contributed by atoms with E-state index in [4.69, 9.17) is 4.98 Å². The van der Waals surface area contributed by atoms with Gasteiger partial charge in [-0.15, -0.1) is 0 Å². The molecule has 0 radical (unpaired) electrons. The zero-order valence-corrected chi connectivity index (χ0v) is 11.6. The van der Waals surface area contributed by atoms with Gasteiger partial charge in [-0.25, -0.2) is 4.98 Å². The first-order valence-electron chi connectivity index (χ1n) is 7.12. The van der Waals surface area contributed by atoms with E-state index >= 15 is 0 Å². The summed E-state index contributed by atoms with van der Waals surface area (Å²) in [5, 5.41) is 2.48. The van der Waals surface area contributed by atoms with Crippen LogP contribution in [0.2, 0.25) is 0 Å². The molecule has 0 atom stereocenters. The molecule has 96 valence electrons. The Balaban J connectivity index is 2.19. The largest absolute Gasteiger partial charge is 0.248 e. The fourth-order valence-corrected chi connectivity index (χ4v) is 2.59. The van der Waals surface area contributed by atoms with Crippen molar-refractivity contribution < 1.29 is 0 Å². The molecule has 0 aliphatic rings. The third-order valence-electron chi connectivity index (χ3n) is 3.69. The summed E-state index contributed by atoms with van der Waals surface area (Å²) in [5.41, 5.74) is 4.96. The van der Waals surface area contributed by atoms with Crippen LogP contribution in [0.4, 0.5) is 0 Å². The van der Waals surface area contributed by atoms with Crippen molar-refractivity contribution in [1.82, 2.24) is 4.98 Å². The Hall–Kier alpha value is -1.89. The van der Waals surface area contributed by atoms with Gasteiger partial charge in [-0.2, -0.15) is 0 Å². The molecule has 0 bridgehead atoms. The number of rotatable bonds is 3. The zero-order chi connectivity index (χ0) is 13.2. The number of hydrogen-bond donors (Lipinski definition) is 0. The van der Waals surface area contributed by atoms with Crippen LogP contribution in [0, 0.1) is 0 Å². The number of fused-ring (bicyclic) bond motifs is 2. The molecule has 0 fully saturated rings. The Morgan fingerprint density at radius 2 is 1.63 bits per heavy atom. The normalized spacial score (nSPS) is 11.3. The lowest BCUT2D eigenvalue weighted by Gasteiger charge is -2.05. The molecule has 0 aliphatic heterocycles. The van der Waals surface area contributed by atoms with Crippen LogP contribution in [0.1, 0.15) is 31.4 Å². The SMILES string of the molecule is CCCc1ccc2cc3cc(CC)ccc3nc2c1. The van der Waals surface area contributed by atoms with Crippen LogP contribution < -0.4 is 0 Å². The first-order valence-corrected chi connectivity index (χ1v) is 7.12. The van der Waals surface area contributed by atoms with E-state index in [9.17, 15) is 0 Å². The number of nitrogens with zero attached hydrogens (tertiary/aromatic N) is 1. The highest BCUT2D eigenvalue weighted by molar-refractivity contribution is 5.93. The van der Waals surface area contributed by atoms with Gasteiger partial charge in [0.25, 0.3) is 0 Å². The zero-order valence-electron chi connectivity index (χ0n) is 11.6. The third kappa shape index (κ3) is 2.33. The smallest absolute Gasteiger partial charge is 0.0712 e. The van der Waals surface area contributed by atoms with Gasteiger partial charge in [0, 0.05) is 10.8 Å². The summed E-state index contributed by atoms with van der Waals surface area (Å²) < 4.78 is 0. The Morgan fingerprint density at radius 3 is 2.42 bits per heavy atom. The Bertz CT molecular complexity index is 728. The molecule has 0 saturated carbocycles. The number of benzene rings is 2. The lowest BCUT2D eigenvalue weighted by Crippen LogP contribution is -1.88. The van der Waals surface area contributed by atoms with E-state index < -0.39 is 0 Å². The predicted molar refractivity (Wildman–Crippen MR) is 82.6 cm³/mol. The van der Waals surface area contributed by atoms with Crippen LogP contribution in [-0.2, 0) is 12.8 Å². The summed E-state index contributed by atoms with van der Waals surface area (Å²) >= 11 is 0. The highest BCUT2D eigenvalue weighted by Gasteiger charge is 2.02. The first-order chi connectivity index (χ1) is 9.30. The maximum atomic E-state index is 4.80. The minimum absolute atomic E-state index is 1.07. The van der Waals surface area contributed by atoms with E-state index in [1.54, 1.807) is 0 Å². The highest BCUT2D eigenvalue weighted by atomic mass is 14.7. The van der Waals surface area contributed by atoms with Crippen LogP contribution >= 0.6 is 0 Å². The average molecular weight is 249 g/mol. The van der Waals surface area contributed by atoms with E-state index in [0.717, 1.165) is 23.9 Å². The molecule has 0 amide bonds. The maximum absolute atomic E-state index is 4.80. The van der Waals surface area contributed by atoms with Crippen LogP contribution in [-0.4, -0.2) is 4.98 Å². The molecule has 0 unspecified atom stereocenters. The second kappa shape index (κ2) is 5.00. The van der Waals surface area contributed by atoms with Gasteiger partial charge in [-0.3, -0.25) is 0 Å². The molecule has 0 aliphatic carbocycles. The Kier molecular flexibility index (Phi) is 3.20.